The molecule has 2 aliphatic rings. The van der Waals surface area contributed by atoms with E-state index in [1.165, 1.54) is 24.8 Å². The molecule has 0 aromatic heterocycles. The van der Waals surface area contributed by atoms with Crippen molar-refractivity contribution in [2.75, 3.05) is 19.7 Å². The summed E-state index contributed by atoms with van der Waals surface area (Å²) in [5, 5.41) is 0. The highest BCUT2D eigenvalue weighted by Crippen LogP contribution is 2.32. The lowest BCUT2D eigenvalue weighted by Gasteiger charge is -2.27. The zero-order chi connectivity index (χ0) is 12.5. The first-order valence-electron chi connectivity index (χ1n) is 6.76. The summed E-state index contributed by atoms with van der Waals surface area (Å²) >= 11 is 0. The smallest absolute Gasteiger partial charge is 0.203 e. The van der Waals surface area contributed by atoms with E-state index in [0.717, 1.165) is 36.5 Å². The van der Waals surface area contributed by atoms with Crippen molar-refractivity contribution in [3.05, 3.63) is 28.8 Å². The van der Waals surface area contributed by atoms with Crippen molar-refractivity contribution < 1.29 is 9.53 Å². The van der Waals surface area contributed by atoms with Gasteiger partial charge >= 0.3 is 0 Å². The van der Waals surface area contributed by atoms with Gasteiger partial charge in [0.1, 0.15) is 5.75 Å². The molecular weight excluding hydrogens is 226 g/mol. The maximum absolute atomic E-state index is 11.7. The molecule has 3 heteroatoms. The molecule has 0 N–H and O–H groups in total. The minimum atomic E-state index is 0.119. The van der Waals surface area contributed by atoms with Crippen LogP contribution in [0, 0.1) is 6.92 Å². The van der Waals surface area contributed by atoms with Crippen LogP contribution in [0.3, 0.4) is 0 Å². The average molecular weight is 245 g/mol. The lowest BCUT2D eigenvalue weighted by Crippen LogP contribution is -2.29. The number of ketones is 1. The lowest BCUT2D eigenvalue weighted by molar-refractivity contribution is 0.0960. The number of piperidine rings is 1. The molecule has 2 heterocycles. The van der Waals surface area contributed by atoms with Crippen molar-refractivity contribution in [3.63, 3.8) is 0 Å². The average Bonchev–Trinajstić information content (AvgIpc) is 2.73. The predicted octanol–water partition coefficient (Wildman–Crippen LogP) is 2.56. The molecule has 1 aromatic carbocycles. The van der Waals surface area contributed by atoms with Crippen molar-refractivity contribution in [1.29, 1.82) is 0 Å². The fourth-order valence-corrected chi connectivity index (χ4v) is 2.92. The van der Waals surface area contributed by atoms with E-state index >= 15 is 0 Å². The summed E-state index contributed by atoms with van der Waals surface area (Å²) in [6.07, 6.45) is 3.92. The second-order valence-corrected chi connectivity index (χ2v) is 5.35. The van der Waals surface area contributed by atoms with Gasteiger partial charge in [-0.2, -0.15) is 0 Å². The number of benzene rings is 1. The first-order valence-corrected chi connectivity index (χ1v) is 6.76. The van der Waals surface area contributed by atoms with Crippen LogP contribution >= 0.6 is 0 Å². The Labute approximate surface area is 108 Å². The Morgan fingerprint density at radius 1 is 1.22 bits per heavy atom. The Bertz CT molecular complexity index is 476. The molecule has 0 aliphatic carbocycles. The highest BCUT2D eigenvalue weighted by molar-refractivity contribution is 6.02. The van der Waals surface area contributed by atoms with Gasteiger partial charge in [-0.05, 0) is 44.5 Å². The highest BCUT2D eigenvalue weighted by Gasteiger charge is 2.25. The molecule has 18 heavy (non-hydrogen) atoms. The number of rotatable bonds is 2. The van der Waals surface area contributed by atoms with Crippen LogP contribution in [0.4, 0.5) is 0 Å². The maximum atomic E-state index is 11.7. The van der Waals surface area contributed by atoms with Gasteiger partial charge in [-0.3, -0.25) is 9.69 Å². The number of hydrogen-bond donors (Lipinski definition) is 0. The van der Waals surface area contributed by atoms with E-state index in [1.807, 2.05) is 13.0 Å². The van der Waals surface area contributed by atoms with E-state index in [2.05, 4.69) is 11.0 Å². The first kappa shape index (κ1) is 11.7. The molecule has 0 atom stereocenters. The summed E-state index contributed by atoms with van der Waals surface area (Å²) in [5.74, 6) is 0.949. The van der Waals surface area contributed by atoms with E-state index in [0.29, 0.717) is 0 Å². The largest absolute Gasteiger partial charge is 0.484 e. The predicted molar refractivity (Wildman–Crippen MR) is 70.1 cm³/mol. The molecule has 0 bridgehead atoms. The Kier molecular flexibility index (Phi) is 3.08. The molecule has 1 aromatic rings. The van der Waals surface area contributed by atoms with Crippen molar-refractivity contribution in [2.45, 2.75) is 32.7 Å². The van der Waals surface area contributed by atoms with Gasteiger partial charge in [0, 0.05) is 12.1 Å². The van der Waals surface area contributed by atoms with Crippen LogP contribution in [-0.2, 0) is 6.54 Å². The minimum absolute atomic E-state index is 0.119. The normalized spacial score (nSPS) is 19.7. The molecule has 0 amide bonds. The molecule has 0 radical (unpaired) electrons. The van der Waals surface area contributed by atoms with Crippen LogP contribution in [0.2, 0.25) is 0 Å². The number of fused-ring (bicyclic) bond motifs is 1. The molecule has 3 rings (SSSR count). The molecule has 1 saturated heterocycles. The van der Waals surface area contributed by atoms with E-state index in [9.17, 15) is 4.79 Å². The highest BCUT2D eigenvalue weighted by atomic mass is 16.5. The first-order chi connectivity index (χ1) is 8.74. The van der Waals surface area contributed by atoms with E-state index in [4.69, 9.17) is 4.74 Å². The fraction of sp³-hybridized carbons (Fsp3) is 0.533. The number of carbonyl (C=O) groups is 1. The molecular formula is C15H19NO2. The van der Waals surface area contributed by atoms with E-state index in [1.54, 1.807) is 0 Å². The van der Waals surface area contributed by atoms with Gasteiger partial charge < -0.3 is 4.74 Å². The van der Waals surface area contributed by atoms with Crippen LogP contribution in [0.5, 0.6) is 5.75 Å². The van der Waals surface area contributed by atoms with Crippen LogP contribution in [0.1, 0.15) is 40.7 Å². The number of ether oxygens (including phenoxy) is 1. The number of Topliss-reactive ketones (excluding diaryl/α,β-unsaturated/α-hetero) is 1. The number of likely N-dealkylation sites (tertiary alicyclic amines) is 1. The summed E-state index contributed by atoms with van der Waals surface area (Å²) in [6.45, 7) is 5.50. The number of aryl methyl sites for hydroxylation is 1. The van der Waals surface area contributed by atoms with Gasteiger partial charge in [0.25, 0.3) is 0 Å². The third-order valence-electron chi connectivity index (χ3n) is 3.80. The summed E-state index contributed by atoms with van der Waals surface area (Å²) in [5.41, 5.74) is 3.11. The molecule has 96 valence electrons. The zero-order valence-corrected chi connectivity index (χ0v) is 10.9. The van der Waals surface area contributed by atoms with Gasteiger partial charge in [-0.25, -0.2) is 0 Å². The van der Waals surface area contributed by atoms with E-state index in [-0.39, 0.29) is 12.4 Å². The third kappa shape index (κ3) is 2.15. The molecule has 0 saturated carbocycles. The topological polar surface area (TPSA) is 29.5 Å². The van der Waals surface area contributed by atoms with E-state index < -0.39 is 0 Å². The molecule has 0 spiro atoms. The minimum Gasteiger partial charge on any atom is -0.484 e. The Balaban J connectivity index is 1.87. The van der Waals surface area contributed by atoms with Crippen LogP contribution in [-0.4, -0.2) is 30.4 Å². The molecule has 3 nitrogen and oxygen atoms in total. The summed E-state index contributed by atoms with van der Waals surface area (Å²) in [4.78, 5) is 14.2. The van der Waals surface area contributed by atoms with Gasteiger partial charge in [0.15, 0.2) is 6.61 Å². The Morgan fingerprint density at radius 2 is 2.00 bits per heavy atom. The second kappa shape index (κ2) is 4.73. The SMILES string of the molecule is Cc1cc(CN2CCCCC2)c2c(c1)C(=O)CO2. The number of carbonyl (C=O) groups excluding carboxylic acids is 1. The molecule has 0 unspecified atom stereocenters. The van der Waals surface area contributed by atoms with Crippen LogP contribution < -0.4 is 4.74 Å². The molecule has 2 aliphatic heterocycles. The van der Waals surface area contributed by atoms with Crippen molar-refractivity contribution in [3.8, 4) is 5.75 Å². The maximum Gasteiger partial charge on any atom is 0.203 e. The zero-order valence-electron chi connectivity index (χ0n) is 10.9. The Morgan fingerprint density at radius 3 is 2.78 bits per heavy atom. The van der Waals surface area contributed by atoms with Gasteiger partial charge in [0.05, 0.1) is 5.56 Å². The van der Waals surface area contributed by atoms with Gasteiger partial charge in [0.2, 0.25) is 5.78 Å². The van der Waals surface area contributed by atoms with Crippen molar-refractivity contribution in [1.82, 2.24) is 4.90 Å². The standard InChI is InChI=1S/C15H19NO2/c1-11-7-12(9-16-5-3-2-4-6-16)15-13(8-11)14(17)10-18-15/h7-8H,2-6,9-10H2,1H3. The fourth-order valence-electron chi connectivity index (χ4n) is 2.92. The second-order valence-electron chi connectivity index (χ2n) is 5.35. The monoisotopic (exact) mass is 245 g/mol. The van der Waals surface area contributed by atoms with Gasteiger partial charge in [-0.1, -0.05) is 12.5 Å². The molecule has 1 fully saturated rings. The lowest BCUT2D eigenvalue weighted by atomic mass is 10.0. The van der Waals surface area contributed by atoms with Crippen molar-refractivity contribution in [2.24, 2.45) is 0 Å². The quantitative estimate of drug-likeness (QED) is 0.802. The Hall–Kier alpha value is -1.35. The van der Waals surface area contributed by atoms with Crippen molar-refractivity contribution >= 4 is 5.78 Å². The van der Waals surface area contributed by atoms with Crippen LogP contribution in [0.15, 0.2) is 12.1 Å². The summed E-state index contributed by atoms with van der Waals surface area (Å²) < 4.78 is 5.56. The summed E-state index contributed by atoms with van der Waals surface area (Å²) in [7, 11) is 0. The number of nitrogens with zero attached hydrogens (tertiary/aromatic N) is 1. The van der Waals surface area contributed by atoms with Crippen LogP contribution in [0.25, 0.3) is 0 Å². The summed E-state index contributed by atoms with van der Waals surface area (Å²) in [6, 6.07) is 4.11. The number of hydrogen-bond acceptors (Lipinski definition) is 3. The third-order valence-corrected chi connectivity index (χ3v) is 3.80. The van der Waals surface area contributed by atoms with Gasteiger partial charge in [-0.15, -0.1) is 0 Å².